The summed E-state index contributed by atoms with van der Waals surface area (Å²) in [6, 6.07) is 15.3. The van der Waals surface area contributed by atoms with E-state index < -0.39 is 0 Å². The molecule has 2 aromatic carbocycles. The average Bonchev–Trinajstić information content (AvgIpc) is 2.91. The molecule has 2 unspecified atom stereocenters. The third-order valence-electron chi connectivity index (χ3n) is 4.24. The van der Waals surface area contributed by atoms with E-state index in [1.54, 1.807) is 0 Å². The van der Waals surface area contributed by atoms with Gasteiger partial charge in [0.2, 0.25) is 0 Å². The number of nitrogens with one attached hydrogen (secondary N) is 1. The van der Waals surface area contributed by atoms with Gasteiger partial charge in [-0.1, -0.05) is 48.9 Å². The van der Waals surface area contributed by atoms with Crippen LogP contribution in [-0.4, -0.2) is 12.6 Å². The Balaban J connectivity index is 1.91. The lowest BCUT2D eigenvalue weighted by Crippen LogP contribution is -2.35. The van der Waals surface area contributed by atoms with Crippen molar-refractivity contribution in [2.45, 2.75) is 39.3 Å². The lowest BCUT2D eigenvalue weighted by atomic mass is 9.93. The third kappa shape index (κ3) is 2.81. The van der Waals surface area contributed by atoms with Gasteiger partial charge >= 0.3 is 0 Å². The van der Waals surface area contributed by atoms with Gasteiger partial charge in [-0.25, -0.2) is 0 Å². The van der Waals surface area contributed by atoms with Crippen LogP contribution in [0.25, 0.3) is 0 Å². The van der Waals surface area contributed by atoms with Crippen molar-refractivity contribution in [1.29, 1.82) is 0 Å². The Labute approximate surface area is 127 Å². The molecule has 110 valence electrons. The van der Waals surface area contributed by atoms with Gasteiger partial charge in [0.15, 0.2) is 0 Å². The fourth-order valence-electron chi connectivity index (χ4n) is 3.15. The Morgan fingerprint density at radius 2 is 2.00 bits per heavy atom. The summed E-state index contributed by atoms with van der Waals surface area (Å²) in [5, 5.41) is 3.62. The topological polar surface area (TPSA) is 21.3 Å². The summed E-state index contributed by atoms with van der Waals surface area (Å²) >= 11 is 0. The van der Waals surface area contributed by atoms with E-state index in [1.165, 1.54) is 22.3 Å². The molecular weight excluding hydrogens is 258 g/mol. The van der Waals surface area contributed by atoms with E-state index in [0.29, 0.717) is 0 Å². The molecule has 0 amide bonds. The van der Waals surface area contributed by atoms with Crippen LogP contribution in [0.1, 0.15) is 35.2 Å². The van der Waals surface area contributed by atoms with Crippen LogP contribution in [0.3, 0.4) is 0 Å². The summed E-state index contributed by atoms with van der Waals surface area (Å²) in [4.78, 5) is 0. The van der Waals surface area contributed by atoms with Crippen molar-refractivity contribution in [3.8, 4) is 5.75 Å². The fourth-order valence-corrected chi connectivity index (χ4v) is 3.15. The Bertz CT molecular complexity index is 610. The maximum absolute atomic E-state index is 6.21. The summed E-state index contributed by atoms with van der Waals surface area (Å²) in [7, 11) is 0. The number of hydrogen-bond donors (Lipinski definition) is 1. The first-order valence-corrected chi connectivity index (χ1v) is 7.74. The van der Waals surface area contributed by atoms with E-state index in [4.69, 9.17) is 4.74 Å². The zero-order valence-electron chi connectivity index (χ0n) is 13.0. The van der Waals surface area contributed by atoms with Crippen LogP contribution < -0.4 is 10.1 Å². The molecule has 0 saturated carbocycles. The largest absolute Gasteiger partial charge is 0.488 e. The van der Waals surface area contributed by atoms with Crippen LogP contribution in [0.4, 0.5) is 0 Å². The Morgan fingerprint density at radius 3 is 2.76 bits per heavy atom. The van der Waals surface area contributed by atoms with Crippen molar-refractivity contribution < 1.29 is 4.74 Å². The second kappa shape index (κ2) is 5.90. The van der Waals surface area contributed by atoms with E-state index in [1.807, 2.05) is 6.07 Å². The third-order valence-corrected chi connectivity index (χ3v) is 4.24. The van der Waals surface area contributed by atoms with E-state index in [0.717, 1.165) is 18.7 Å². The first kappa shape index (κ1) is 14.2. The van der Waals surface area contributed by atoms with Gasteiger partial charge < -0.3 is 10.1 Å². The number of ether oxygens (including phenoxy) is 1. The molecule has 0 aliphatic carbocycles. The number of hydrogen-bond acceptors (Lipinski definition) is 2. The van der Waals surface area contributed by atoms with Crippen molar-refractivity contribution in [3.63, 3.8) is 0 Å². The van der Waals surface area contributed by atoms with Gasteiger partial charge in [0.25, 0.3) is 0 Å². The van der Waals surface area contributed by atoms with Crippen molar-refractivity contribution in [3.05, 3.63) is 64.7 Å². The van der Waals surface area contributed by atoms with Crippen LogP contribution in [0.15, 0.2) is 42.5 Å². The van der Waals surface area contributed by atoms with Crippen LogP contribution in [0.2, 0.25) is 0 Å². The van der Waals surface area contributed by atoms with Gasteiger partial charge in [-0.05, 0) is 43.1 Å². The molecule has 0 fully saturated rings. The molecule has 2 heteroatoms. The molecular formula is C19H23NO. The maximum Gasteiger partial charge on any atom is 0.123 e. The highest BCUT2D eigenvalue weighted by molar-refractivity contribution is 5.40. The number of rotatable bonds is 4. The van der Waals surface area contributed by atoms with E-state index >= 15 is 0 Å². The molecule has 2 atom stereocenters. The standard InChI is InChI=1S/C19H23NO/c1-4-20-19(16-11-13(2)9-10-14(16)3)18-12-15-7-5-6-8-17(15)21-18/h5-11,18-20H,4,12H2,1-3H3. The van der Waals surface area contributed by atoms with Crippen LogP contribution in [-0.2, 0) is 6.42 Å². The van der Waals surface area contributed by atoms with Gasteiger partial charge in [-0.2, -0.15) is 0 Å². The van der Waals surface area contributed by atoms with Crippen LogP contribution in [0, 0.1) is 13.8 Å². The smallest absolute Gasteiger partial charge is 0.123 e. The van der Waals surface area contributed by atoms with E-state index in [9.17, 15) is 0 Å². The van der Waals surface area contributed by atoms with Crippen LogP contribution >= 0.6 is 0 Å². The zero-order valence-corrected chi connectivity index (χ0v) is 13.0. The molecule has 0 radical (unpaired) electrons. The number of aryl methyl sites for hydroxylation is 2. The summed E-state index contributed by atoms with van der Waals surface area (Å²) in [6.07, 6.45) is 1.14. The number of para-hydroxylation sites is 1. The van der Waals surface area contributed by atoms with Crippen molar-refractivity contribution in [1.82, 2.24) is 5.32 Å². The van der Waals surface area contributed by atoms with Crippen molar-refractivity contribution in [2.24, 2.45) is 0 Å². The molecule has 2 nitrogen and oxygen atoms in total. The minimum atomic E-state index is 0.169. The molecule has 0 aromatic heterocycles. The highest BCUT2D eigenvalue weighted by Gasteiger charge is 2.31. The zero-order chi connectivity index (χ0) is 14.8. The summed E-state index contributed by atoms with van der Waals surface area (Å²) in [5.41, 5.74) is 5.30. The Hall–Kier alpha value is -1.80. The van der Waals surface area contributed by atoms with Gasteiger partial charge in [0.1, 0.15) is 11.9 Å². The monoisotopic (exact) mass is 281 g/mol. The number of fused-ring (bicyclic) bond motifs is 1. The molecule has 21 heavy (non-hydrogen) atoms. The Morgan fingerprint density at radius 1 is 1.19 bits per heavy atom. The molecule has 1 N–H and O–H groups in total. The predicted molar refractivity (Wildman–Crippen MR) is 86.9 cm³/mol. The predicted octanol–water partition coefficient (Wildman–Crippen LogP) is 3.96. The molecule has 0 saturated heterocycles. The average molecular weight is 281 g/mol. The SMILES string of the molecule is CCNC(c1cc(C)ccc1C)C1Cc2ccccc2O1. The Kier molecular flexibility index (Phi) is 3.98. The molecule has 2 aromatic rings. The van der Waals surface area contributed by atoms with Gasteiger partial charge in [-0.3, -0.25) is 0 Å². The molecule has 1 aliphatic heterocycles. The van der Waals surface area contributed by atoms with Crippen molar-refractivity contribution in [2.75, 3.05) is 6.54 Å². The fraction of sp³-hybridized carbons (Fsp3) is 0.368. The molecule has 3 rings (SSSR count). The van der Waals surface area contributed by atoms with Crippen molar-refractivity contribution >= 4 is 0 Å². The number of benzene rings is 2. The van der Waals surface area contributed by atoms with Crippen LogP contribution in [0.5, 0.6) is 5.75 Å². The van der Waals surface area contributed by atoms with Gasteiger partial charge in [-0.15, -0.1) is 0 Å². The summed E-state index contributed by atoms with van der Waals surface area (Å²) in [6.45, 7) is 7.42. The van der Waals surface area contributed by atoms with E-state index in [-0.39, 0.29) is 12.1 Å². The molecule has 1 heterocycles. The minimum absolute atomic E-state index is 0.169. The second-order valence-electron chi connectivity index (χ2n) is 5.86. The van der Waals surface area contributed by atoms with Gasteiger partial charge in [0.05, 0.1) is 6.04 Å². The minimum Gasteiger partial charge on any atom is -0.488 e. The molecule has 0 spiro atoms. The first-order valence-electron chi connectivity index (χ1n) is 7.74. The highest BCUT2D eigenvalue weighted by Crippen LogP contribution is 2.35. The molecule has 0 bridgehead atoms. The normalized spacial score (nSPS) is 18.1. The lowest BCUT2D eigenvalue weighted by Gasteiger charge is -2.26. The lowest BCUT2D eigenvalue weighted by molar-refractivity contribution is 0.179. The summed E-state index contributed by atoms with van der Waals surface area (Å²) < 4.78 is 6.21. The highest BCUT2D eigenvalue weighted by atomic mass is 16.5. The maximum atomic E-state index is 6.21. The summed E-state index contributed by atoms with van der Waals surface area (Å²) in [5.74, 6) is 1.04. The number of likely N-dealkylation sites (N-methyl/N-ethyl adjacent to an activating group) is 1. The van der Waals surface area contributed by atoms with E-state index in [2.05, 4.69) is 62.5 Å². The quantitative estimate of drug-likeness (QED) is 0.916. The first-order chi connectivity index (χ1) is 10.2. The molecule has 1 aliphatic rings. The second-order valence-corrected chi connectivity index (χ2v) is 5.86. The van der Waals surface area contributed by atoms with Gasteiger partial charge in [0, 0.05) is 6.42 Å².